The number of hydrogen-bond donors (Lipinski definition) is 0. The molecule has 2 aromatic carbocycles. The molecule has 1 aliphatic heterocycles. The summed E-state index contributed by atoms with van der Waals surface area (Å²) in [7, 11) is 0. The molecule has 0 spiro atoms. The van der Waals surface area contributed by atoms with Crippen LogP contribution in [0.4, 0.5) is 5.69 Å². The topological polar surface area (TPSA) is 33.5 Å². The monoisotopic (exact) mass is 305 g/mol. The van der Waals surface area contributed by atoms with E-state index in [4.69, 9.17) is 4.42 Å². The lowest BCUT2D eigenvalue weighted by molar-refractivity contribution is 0.557. The average Bonchev–Trinajstić information content (AvgIpc) is 2.83. The second kappa shape index (κ2) is 5.27. The lowest BCUT2D eigenvalue weighted by atomic mass is 10.1. The van der Waals surface area contributed by atoms with Gasteiger partial charge in [0.25, 0.3) is 0 Å². The van der Waals surface area contributed by atoms with Gasteiger partial charge in [0.15, 0.2) is 0 Å². The van der Waals surface area contributed by atoms with Crippen molar-refractivity contribution in [3.8, 4) is 0 Å². The van der Waals surface area contributed by atoms with Gasteiger partial charge in [-0.15, -0.1) is 0 Å². The number of aryl methyl sites for hydroxylation is 1. The fraction of sp³-hybridized carbons (Fsp3) is 0.250. The standard InChI is InChI=1S/C20H19NO2/c1-13-7-8-17-16(11-20(22)23-19(17)9-13)12-21-14(2)10-15-5-3-4-6-18(15)21/h3-9,11,14H,10,12H2,1-2H3/t14-/m0/s1. The fourth-order valence-electron chi connectivity index (χ4n) is 3.52. The molecule has 3 aromatic rings. The number of nitrogens with zero attached hydrogens (tertiary/aromatic N) is 1. The summed E-state index contributed by atoms with van der Waals surface area (Å²) in [6.45, 7) is 4.96. The first kappa shape index (κ1) is 14.1. The highest BCUT2D eigenvalue weighted by Crippen LogP contribution is 2.33. The molecular formula is C20H19NO2. The smallest absolute Gasteiger partial charge is 0.336 e. The maximum atomic E-state index is 11.9. The molecule has 0 aliphatic carbocycles. The molecular weight excluding hydrogens is 286 g/mol. The summed E-state index contributed by atoms with van der Waals surface area (Å²) in [6.07, 6.45) is 1.05. The van der Waals surface area contributed by atoms with Crippen LogP contribution in [0.3, 0.4) is 0 Å². The van der Waals surface area contributed by atoms with Crippen LogP contribution in [-0.4, -0.2) is 6.04 Å². The summed E-state index contributed by atoms with van der Waals surface area (Å²) in [6, 6.07) is 16.6. The minimum atomic E-state index is -0.279. The van der Waals surface area contributed by atoms with Crippen molar-refractivity contribution in [2.75, 3.05) is 4.90 Å². The van der Waals surface area contributed by atoms with Crippen molar-refractivity contribution < 1.29 is 4.42 Å². The quantitative estimate of drug-likeness (QED) is 0.670. The number of hydrogen-bond acceptors (Lipinski definition) is 3. The van der Waals surface area contributed by atoms with Crippen molar-refractivity contribution in [3.63, 3.8) is 0 Å². The van der Waals surface area contributed by atoms with E-state index in [0.717, 1.165) is 29.5 Å². The Bertz CT molecular complexity index is 942. The Morgan fingerprint density at radius 2 is 2.00 bits per heavy atom. The van der Waals surface area contributed by atoms with E-state index in [1.54, 1.807) is 6.07 Å². The van der Waals surface area contributed by atoms with Crippen molar-refractivity contribution in [1.29, 1.82) is 0 Å². The first-order valence-electron chi connectivity index (χ1n) is 8.00. The van der Waals surface area contributed by atoms with Crippen LogP contribution in [0.1, 0.15) is 23.6 Å². The number of para-hydroxylation sites is 1. The third kappa shape index (κ3) is 2.42. The Morgan fingerprint density at radius 1 is 1.17 bits per heavy atom. The molecule has 0 saturated carbocycles. The minimum absolute atomic E-state index is 0.279. The van der Waals surface area contributed by atoms with E-state index in [1.165, 1.54) is 11.3 Å². The van der Waals surface area contributed by atoms with Crippen molar-refractivity contribution >= 4 is 16.7 Å². The van der Waals surface area contributed by atoms with E-state index < -0.39 is 0 Å². The van der Waals surface area contributed by atoms with Gasteiger partial charge in [0, 0.05) is 29.7 Å². The van der Waals surface area contributed by atoms with Gasteiger partial charge in [-0.3, -0.25) is 0 Å². The summed E-state index contributed by atoms with van der Waals surface area (Å²) in [5.41, 5.74) is 5.17. The first-order valence-corrected chi connectivity index (χ1v) is 8.00. The highest BCUT2D eigenvalue weighted by molar-refractivity contribution is 5.81. The number of fused-ring (bicyclic) bond motifs is 2. The number of benzene rings is 2. The molecule has 0 saturated heterocycles. The van der Waals surface area contributed by atoms with Crippen LogP contribution in [0.25, 0.3) is 11.0 Å². The van der Waals surface area contributed by atoms with E-state index in [0.29, 0.717) is 11.6 Å². The Balaban J connectivity index is 1.80. The zero-order valence-corrected chi connectivity index (χ0v) is 13.4. The maximum absolute atomic E-state index is 11.9. The number of rotatable bonds is 2. The van der Waals surface area contributed by atoms with Gasteiger partial charge in [0.2, 0.25) is 0 Å². The van der Waals surface area contributed by atoms with Crippen molar-refractivity contribution in [2.45, 2.75) is 32.9 Å². The largest absolute Gasteiger partial charge is 0.423 e. The molecule has 3 heteroatoms. The summed E-state index contributed by atoms with van der Waals surface area (Å²) >= 11 is 0. The highest BCUT2D eigenvalue weighted by atomic mass is 16.4. The van der Waals surface area contributed by atoms with E-state index in [9.17, 15) is 4.79 Å². The van der Waals surface area contributed by atoms with Gasteiger partial charge in [0.1, 0.15) is 5.58 Å². The number of anilines is 1. The minimum Gasteiger partial charge on any atom is -0.423 e. The van der Waals surface area contributed by atoms with Crippen LogP contribution in [-0.2, 0) is 13.0 Å². The van der Waals surface area contributed by atoms with Gasteiger partial charge in [-0.1, -0.05) is 30.3 Å². The lowest BCUT2D eigenvalue weighted by Crippen LogP contribution is -2.29. The highest BCUT2D eigenvalue weighted by Gasteiger charge is 2.26. The Labute approximate surface area is 135 Å². The third-order valence-electron chi connectivity index (χ3n) is 4.67. The van der Waals surface area contributed by atoms with Crippen molar-refractivity contribution in [2.24, 2.45) is 0 Å². The Morgan fingerprint density at radius 3 is 2.87 bits per heavy atom. The fourth-order valence-corrected chi connectivity index (χ4v) is 3.52. The normalized spacial score (nSPS) is 16.8. The summed E-state index contributed by atoms with van der Waals surface area (Å²) in [5, 5.41) is 1.02. The molecule has 23 heavy (non-hydrogen) atoms. The first-order chi connectivity index (χ1) is 11.1. The van der Waals surface area contributed by atoms with Crippen LogP contribution in [0, 0.1) is 6.92 Å². The molecule has 0 radical (unpaired) electrons. The van der Waals surface area contributed by atoms with E-state index >= 15 is 0 Å². The van der Waals surface area contributed by atoms with Gasteiger partial charge in [-0.2, -0.15) is 0 Å². The molecule has 0 N–H and O–H groups in total. The van der Waals surface area contributed by atoms with E-state index in [-0.39, 0.29) is 5.63 Å². The second-order valence-electron chi connectivity index (χ2n) is 6.40. The van der Waals surface area contributed by atoms with Gasteiger partial charge >= 0.3 is 5.63 Å². The van der Waals surface area contributed by atoms with Gasteiger partial charge < -0.3 is 9.32 Å². The predicted molar refractivity (Wildman–Crippen MR) is 93.0 cm³/mol. The van der Waals surface area contributed by atoms with Crippen LogP contribution >= 0.6 is 0 Å². The third-order valence-corrected chi connectivity index (χ3v) is 4.67. The molecule has 0 fully saturated rings. The van der Waals surface area contributed by atoms with Gasteiger partial charge in [-0.05, 0) is 49.1 Å². The van der Waals surface area contributed by atoms with E-state index in [2.05, 4.69) is 48.2 Å². The van der Waals surface area contributed by atoms with Crippen LogP contribution in [0.5, 0.6) is 0 Å². The van der Waals surface area contributed by atoms with Crippen LogP contribution in [0.15, 0.2) is 57.7 Å². The molecule has 0 bridgehead atoms. The van der Waals surface area contributed by atoms with Gasteiger partial charge in [-0.25, -0.2) is 4.79 Å². The van der Waals surface area contributed by atoms with Crippen molar-refractivity contribution in [1.82, 2.24) is 0 Å². The summed E-state index contributed by atoms with van der Waals surface area (Å²) < 4.78 is 5.37. The summed E-state index contributed by atoms with van der Waals surface area (Å²) in [4.78, 5) is 14.3. The molecule has 4 rings (SSSR count). The van der Waals surface area contributed by atoms with Crippen LogP contribution < -0.4 is 10.5 Å². The Kier molecular flexibility index (Phi) is 3.22. The van der Waals surface area contributed by atoms with E-state index in [1.807, 2.05) is 13.0 Å². The van der Waals surface area contributed by atoms with Crippen molar-refractivity contribution in [3.05, 3.63) is 75.6 Å². The molecule has 0 amide bonds. The zero-order chi connectivity index (χ0) is 16.0. The van der Waals surface area contributed by atoms with Gasteiger partial charge in [0.05, 0.1) is 0 Å². The second-order valence-corrected chi connectivity index (χ2v) is 6.40. The van der Waals surface area contributed by atoms with Crippen LogP contribution in [0.2, 0.25) is 0 Å². The molecule has 3 nitrogen and oxygen atoms in total. The molecule has 0 unspecified atom stereocenters. The molecule has 2 heterocycles. The molecule has 1 atom stereocenters. The zero-order valence-electron chi connectivity index (χ0n) is 13.4. The molecule has 1 aliphatic rings. The SMILES string of the molecule is Cc1ccc2c(CN3c4ccccc4C[C@@H]3C)cc(=O)oc2c1. The predicted octanol–water partition coefficient (Wildman–Crippen LogP) is 4.05. The average molecular weight is 305 g/mol. The summed E-state index contributed by atoms with van der Waals surface area (Å²) in [5.74, 6) is 0. The Hall–Kier alpha value is -2.55. The lowest BCUT2D eigenvalue weighted by Gasteiger charge is -2.25. The maximum Gasteiger partial charge on any atom is 0.336 e. The molecule has 1 aromatic heterocycles. The molecule has 116 valence electrons.